The molecule has 7 nitrogen and oxygen atoms in total. The highest BCUT2D eigenvalue weighted by Crippen LogP contribution is 2.27. The number of aryl methyl sites for hydroxylation is 1. The van der Waals surface area contributed by atoms with Crippen LogP contribution < -0.4 is 5.32 Å². The van der Waals surface area contributed by atoms with Crippen molar-refractivity contribution in [2.24, 2.45) is 0 Å². The quantitative estimate of drug-likeness (QED) is 0.380. The maximum absolute atomic E-state index is 12.6. The summed E-state index contributed by atoms with van der Waals surface area (Å²) >= 11 is 13.3. The molecule has 2 aromatic heterocycles. The summed E-state index contributed by atoms with van der Waals surface area (Å²) in [5, 5.41) is 7.72. The molecule has 0 aliphatic heterocycles. The van der Waals surface area contributed by atoms with Gasteiger partial charge in [-0.25, -0.2) is 9.78 Å². The van der Waals surface area contributed by atoms with Crippen LogP contribution in [0, 0.1) is 6.92 Å². The van der Waals surface area contributed by atoms with Gasteiger partial charge in [0, 0.05) is 23.0 Å². The first-order chi connectivity index (χ1) is 14.3. The molecular formula is C20H17Cl2N3O4S. The van der Waals surface area contributed by atoms with Gasteiger partial charge in [0.05, 0.1) is 22.0 Å². The standard InChI is InChI=1S/C20H17Cl2N3O4S/c1-11-8-14(25-29-11)10-30-19-15(4-3-7-23-19)20(27)28-12(2)18(26)24-17-9-13(21)5-6-16(17)22/h3-9,12H,10H2,1-2H3,(H,24,26). The Hall–Kier alpha value is -2.55. The van der Waals surface area contributed by atoms with Crippen LogP contribution >= 0.6 is 35.0 Å². The Morgan fingerprint density at radius 1 is 1.27 bits per heavy atom. The zero-order valence-electron chi connectivity index (χ0n) is 16.0. The molecule has 1 atom stereocenters. The van der Waals surface area contributed by atoms with Gasteiger partial charge in [0.25, 0.3) is 5.91 Å². The van der Waals surface area contributed by atoms with E-state index in [0.717, 1.165) is 5.69 Å². The largest absolute Gasteiger partial charge is 0.449 e. The highest BCUT2D eigenvalue weighted by Gasteiger charge is 2.22. The number of carbonyl (C=O) groups excluding carboxylic acids is 2. The van der Waals surface area contributed by atoms with Crippen LogP contribution in [-0.4, -0.2) is 28.1 Å². The Morgan fingerprint density at radius 2 is 2.07 bits per heavy atom. The highest BCUT2D eigenvalue weighted by molar-refractivity contribution is 7.98. The van der Waals surface area contributed by atoms with Crippen molar-refractivity contribution < 1.29 is 18.8 Å². The lowest BCUT2D eigenvalue weighted by molar-refractivity contribution is -0.123. The van der Waals surface area contributed by atoms with Gasteiger partial charge >= 0.3 is 5.97 Å². The highest BCUT2D eigenvalue weighted by atomic mass is 35.5. The third-order valence-electron chi connectivity index (χ3n) is 3.86. The molecule has 156 valence electrons. The van der Waals surface area contributed by atoms with Crippen LogP contribution in [0.25, 0.3) is 0 Å². The Labute approximate surface area is 187 Å². The van der Waals surface area contributed by atoms with Crippen molar-refractivity contribution in [1.29, 1.82) is 0 Å². The number of hydrogen-bond donors (Lipinski definition) is 1. The topological polar surface area (TPSA) is 94.3 Å². The third-order valence-corrected chi connectivity index (χ3v) is 5.47. The van der Waals surface area contributed by atoms with Gasteiger partial charge in [-0.05, 0) is 44.2 Å². The fraction of sp³-hybridized carbons (Fsp3) is 0.200. The average Bonchev–Trinajstić information content (AvgIpc) is 3.14. The molecule has 0 spiro atoms. The summed E-state index contributed by atoms with van der Waals surface area (Å²) in [6.45, 7) is 3.26. The molecule has 2 heterocycles. The van der Waals surface area contributed by atoms with E-state index in [1.165, 1.54) is 24.8 Å². The molecule has 1 aromatic carbocycles. The predicted molar refractivity (Wildman–Crippen MR) is 115 cm³/mol. The van der Waals surface area contributed by atoms with Crippen molar-refractivity contribution in [2.75, 3.05) is 5.32 Å². The van der Waals surface area contributed by atoms with Crippen molar-refractivity contribution in [3.8, 4) is 0 Å². The van der Waals surface area contributed by atoms with Crippen LogP contribution in [0.4, 0.5) is 5.69 Å². The van der Waals surface area contributed by atoms with E-state index in [1.54, 1.807) is 43.5 Å². The number of pyridine rings is 1. The van der Waals surface area contributed by atoms with E-state index in [-0.39, 0.29) is 5.56 Å². The van der Waals surface area contributed by atoms with E-state index in [1.807, 2.05) is 0 Å². The van der Waals surface area contributed by atoms with E-state index in [9.17, 15) is 9.59 Å². The van der Waals surface area contributed by atoms with E-state index in [2.05, 4.69) is 15.5 Å². The Kier molecular flexibility index (Phi) is 7.36. The maximum Gasteiger partial charge on any atom is 0.341 e. The SMILES string of the molecule is Cc1cc(CSc2ncccc2C(=O)OC(C)C(=O)Nc2cc(Cl)ccc2Cl)no1. The molecule has 0 saturated carbocycles. The summed E-state index contributed by atoms with van der Waals surface area (Å²) in [7, 11) is 0. The molecule has 0 aliphatic carbocycles. The first-order valence-electron chi connectivity index (χ1n) is 8.80. The lowest BCUT2D eigenvalue weighted by atomic mass is 10.2. The van der Waals surface area contributed by atoms with Gasteiger partial charge in [0.15, 0.2) is 6.10 Å². The number of nitrogens with one attached hydrogen (secondary N) is 1. The monoisotopic (exact) mass is 465 g/mol. The summed E-state index contributed by atoms with van der Waals surface area (Å²) < 4.78 is 10.4. The van der Waals surface area contributed by atoms with Crippen molar-refractivity contribution in [2.45, 2.75) is 30.7 Å². The van der Waals surface area contributed by atoms with Gasteiger partial charge < -0.3 is 14.6 Å². The van der Waals surface area contributed by atoms with Gasteiger partial charge in [-0.3, -0.25) is 4.79 Å². The minimum absolute atomic E-state index is 0.253. The number of nitrogens with zero attached hydrogens (tertiary/aromatic N) is 2. The van der Waals surface area contributed by atoms with Crippen molar-refractivity contribution >= 4 is 52.5 Å². The van der Waals surface area contributed by atoms with Crippen molar-refractivity contribution in [3.63, 3.8) is 0 Å². The zero-order chi connectivity index (χ0) is 21.7. The number of benzene rings is 1. The lowest BCUT2D eigenvalue weighted by Crippen LogP contribution is -2.30. The molecule has 0 bridgehead atoms. The lowest BCUT2D eigenvalue weighted by Gasteiger charge is -2.15. The average molecular weight is 466 g/mol. The summed E-state index contributed by atoms with van der Waals surface area (Å²) in [5.74, 6) is -0.0332. The van der Waals surface area contributed by atoms with E-state index >= 15 is 0 Å². The van der Waals surface area contributed by atoms with Crippen LogP contribution in [0.15, 0.2) is 52.1 Å². The van der Waals surface area contributed by atoms with Crippen molar-refractivity contribution in [1.82, 2.24) is 10.1 Å². The van der Waals surface area contributed by atoms with Crippen LogP contribution in [0.3, 0.4) is 0 Å². The molecule has 0 radical (unpaired) electrons. The molecule has 0 fully saturated rings. The van der Waals surface area contributed by atoms with E-state index in [0.29, 0.717) is 32.3 Å². The summed E-state index contributed by atoms with van der Waals surface area (Å²) in [6, 6.07) is 9.69. The zero-order valence-corrected chi connectivity index (χ0v) is 18.3. The molecule has 0 saturated heterocycles. The van der Waals surface area contributed by atoms with Gasteiger partial charge in [-0.2, -0.15) is 0 Å². The second-order valence-electron chi connectivity index (χ2n) is 6.23. The number of aromatic nitrogens is 2. The molecule has 3 rings (SSSR count). The predicted octanol–water partition coefficient (Wildman–Crippen LogP) is 5.16. The first kappa shape index (κ1) is 22.1. The Bertz CT molecular complexity index is 1070. The molecule has 1 amide bonds. The number of ether oxygens (including phenoxy) is 1. The Balaban J connectivity index is 1.64. The maximum atomic E-state index is 12.6. The number of hydrogen-bond acceptors (Lipinski definition) is 7. The number of amides is 1. The summed E-state index contributed by atoms with van der Waals surface area (Å²) in [5.41, 5.74) is 1.31. The van der Waals surface area contributed by atoms with Crippen LogP contribution in [0.5, 0.6) is 0 Å². The minimum Gasteiger partial charge on any atom is -0.449 e. The molecule has 3 aromatic rings. The number of halogens is 2. The van der Waals surface area contributed by atoms with Gasteiger partial charge in [-0.15, -0.1) is 0 Å². The number of anilines is 1. The van der Waals surface area contributed by atoms with Gasteiger partial charge in [0.1, 0.15) is 10.8 Å². The summed E-state index contributed by atoms with van der Waals surface area (Å²) in [6.07, 6.45) is 0.508. The smallest absolute Gasteiger partial charge is 0.341 e. The van der Waals surface area contributed by atoms with E-state index < -0.39 is 18.0 Å². The van der Waals surface area contributed by atoms with Gasteiger partial charge in [-0.1, -0.05) is 40.1 Å². The fourth-order valence-corrected chi connectivity index (χ4v) is 3.59. The van der Waals surface area contributed by atoms with Crippen molar-refractivity contribution in [3.05, 3.63) is 69.7 Å². The summed E-state index contributed by atoms with van der Waals surface area (Å²) in [4.78, 5) is 29.3. The molecule has 1 unspecified atom stereocenters. The normalized spacial score (nSPS) is 11.7. The second-order valence-corrected chi connectivity index (χ2v) is 8.04. The number of carbonyl (C=O) groups is 2. The number of rotatable bonds is 7. The van der Waals surface area contributed by atoms with Crippen LogP contribution in [-0.2, 0) is 15.3 Å². The fourth-order valence-electron chi connectivity index (χ4n) is 2.39. The van der Waals surface area contributed by atoms with Gasteiger partial charge in [0.2, 0.25) is 0 Å². The van der Waals surface area contributed by atoms with E-state index in [4.69, 9.17) is 32.5 Å². The molecule has 30 heavy (non-hydrogen) atoms. The second kappa shape index (κ2) is 9.97. The van der Waals surface area contributed by atoms with Crippen LogP contribution in [0.2, 0.25) is 10.0 Å². The molecular weight excluding hydrogens is 449 g/mol. The van der Waals surface area contributed by atoms with Crippen LogP contribution in [0.1, 0.15) is 28.7 Å². The molecule has 10 heteroatoms. The first-order valence-corrected chi connectivity index (χ1v) is 10.5. The minimum atomic E-state index is -1.07. The number of esters is 1. The molecule has 0 aliphatic rings. The number of thioether (sulfide) groups is 1. The Morgan fingerprint density at radius 3 is 2.80 bits per heavy atom. The third kappa shape index (κ3) is 5.75. The molecule has 1 N–H and O–H groups in total.